The molecule has 5 nitrogen and oxygen atoms in total. The predicted octanol–water partition coefficient (Wildman–Crippen LogP) is 2.06. The van der Waals surface area contributed by atoms with E-state index in [2.05, 4.69) is 10.2 Å². The summed E-state index contributed by atoms with van der Waals surface area (Å²) in [5, 5.41) is 15.1. The van der Waals surface area contributed by atoms with Gasteiger partial charge in [0.05, 0.1) is 5.39 Å². The molecule has 1 aliphatic rings. The minimum Gasteiger partial charge on any atom is -0.508 e. The Morgan fingerprint density at radius 1 is 1.00 bits per heavy atom. The highest BCUT2D eigenvalue weighted by atomic mass is 16.4. The zero-order valence-corrected chi connectivity index (χ0v) is 12.0. The minimum atomic E-state index is -0.370. The van der Waals surface area contributed by atoms with Crippen molar-refractivity contribution in [2.75, 3.05) is 31.1 Å². The number of hydrogen-bond acceptors (Lipinski definition) is 5. The lowest BCUT2D eigenvalue weighted by Gasteiger charge is -2.29. The third-order valence-electron chi connectivity index (χ3n) is 4.16. The first kappa shape index (κ1) is 13.2. The van der Waals surface area contributed by atoms with Crippen molar-refractivity contribution in [2.45, 2.75) is 0 Å². The largest absolute Gasteiger partial charge is 0.508 e. The second-order valence-corrected chi connectivity index (χ2v) is 5.54. The van der Waals surface area contributed by atoms with Crippen LogP contribution in [-0.2, 0) is 0 Å². The summed E-state index contributed by atoms with van der Waals surface area (Å²) < 4.78 is 5.35. The predicted molar refractivity (Wildman–Crippen MR) is 86.7 cm³/mol. The van der Waals surface area contributed by atoms with E-state index in [0.29, 0.717) is 11.0 Å². The zero-order valence-electron chi connectivity index (χ0n) is 12.0. The maximum Gasteiger partial charge on any atom is 0.344 e. The van der Waals surface area contributed by atoms with Gasteiger partial charge in [-0.15, -0.1) is 0 Å². The number of aromatic hydroxyl groups is 1. The number of nitrogens with one attached hydrogen (secondary N) is 1. The van der Waals surface area contributed by atoms with Gasteiger partial charge in [-0.3, -0.25) is 0 Å². The standard InChI is InChI=1S/C17H16N2O3/c20-12-2-4-14-13-3-1-11(19-7-5-18-6-8-19)9-15(13)17(21)22-16(14)10-12/h1-4,9-10,18,20H,5-8H2. The van der Waals surface area contributed by atoms with E-state index in [4.69, 9.17) is 4.42 Å². The van der Waals surface area contributed by atoms with Gasteiger partial charge in [0.25, 0.3) is 0 Å². The smallest absolute Gasteiger partial charge is 0.344 e. The van der Waals surface area contributed by atoms with Crippen molar-refractivity contribution in [1.82, 2.24) is 5.32 Å². The van der Waals surface area contributed by atoms with E-state index in [-0.39, 0.29) is 11.4 Å². The fourth-order valence-electron chi connectivity index (χ4n) is 3.03. The van der Waals surface area contributed by atoms with Crippen molar-refractivity contribution in [3.05, 3.63) is 46.8 Å². The van der Waals surface area contributed by atoms with Crippen molar-refractivity contribution >= 4 is 27.4 Å². The van der Waals surface area contributed by atoms with E-state index in [1.54, 1.807) is 12.1 Å². The monoisotopic (exact) mass is 296 g/mol. The molecule has 2 N–H and O–H groups in total. The molecule has 0 aliphatic carbocycles. The third-order valence-corrected chi connectivity index (χ3v) is 4.16. The summed E-state index contributed by atoms with van der Waals surface area (Å²) >= 11 is 0. The molecule has 0 bridgehead atoms. The van der Waals surface area contributed by atoms with Crippen LogP contribution in [0.2, 0.25) is 0 Å². The molecule has 112 valence electrons. The fraction of sp³-hybridized carbons (Fsp3) is 0.235. The highest BCUT2D eigenvalue weighted by molar-refractivity contribution is 6.05. The molecule has 0 radical (unpaired) electrons. The summed E-state index contributed by atoms with van der Waals surface area (Å²) in [6.45, 7) is 3.75. The van der Waals surface area contributed by atoms with Gasteiger partial charge in [-0.05, 0) is 24.3 Å². The number of piperazine rings is 1. The van der Waals surface area contributed by atoms with Crippen LogP contribution in [0.15, 0.2) is 45.6 Å². The summed E-state index contributed by atoms with van der Waals surface area (Å²) in [6.07, 6.45) is 0. The molecule has 22 heavy (non-hydrogen) atoms. The van der Waals surface area contributed by atoms with Crippen LogP contribution in [0, 0.1) is 0 Å². The molecular formula is C17H16N2O3. The van der Waals surface area contributed by atoms with Crippen LogP contribution in [0.1, 0.15) is 0 Å². The summed E-state index contributed by atoms with van der Waals surface area (Å²) in [6, 6.07) is 10.8. The Balaban J connectivity index is 1.93. The number of benzene rings is 2. The van der Waals surface area contributed by atoms with E-state index in [0.717, 1.165) is 42.6 Å². The quantitative estimate of drug-likeness (QED) is 0.531. The van der Waals surface area contributed by atoms with Gasteiger partial charge in [-0.2, -0.15) is 0 Å². The second kappa shape index (κ2) is 5.03. The molecule has 1 saturated heterocycles. The summed E-state index contributed by atoms with van der Waals surface area (Å²) in [5.41, 5.74) is 1.08. The molecule has 0 spiro atoms. The van der Waals surface area contributed by atoms with Crippen molar-refractivity contribution in [1.29, 1.82) is 0 Å². The molecular weight excluding hydrogens is 280 g/mol. The van der Waals surface area contributed by atoms with Gasteiger partial charge >= 0.3 is 5.63 Å². The van der Waals surface area contributed by atoms with Crippen molar-refractivity contribution in [3.63, 3.8) is 0 Å². The van der Waals surface area contributed by atoms with Crippen molar-refractivity contribution < 1.29 is 9.52 Å². The van der Waals surface area contributed by atoms with Gasteiger partial charge in [0.1, 0.15) is 11.3 Å². The molecule has 0 atom stereocenters. The molecule has 2 heterocycles. The van der Waals surface area contributed by atoms with Crippen molar-refractivity contribution in [2.24, 2.45) is 0 Å². The average Bonchev–Trinajstić information content (AvgIpc) is 2.55. The van der Waals surface area contributed by atoms with E-state index < -0.39 is 0 Å². The summed E-state index contributed by atoms with van der Waals surface area (Å²) in [4.78, 5) is 14.5. The van der Waals surface area contributed by atoms with Gasteiger partial charge in [-0.1, -0.05) is 6.07 Å². The first-order valence-electron chi connectivity index (χ1n) is 7.38. The van der Waals surface area contributed by atoms with Crippen LogP contribution in [0.4, 0.5) is 5.69 Å². The van der Waals surface area contributed by atoms with Crippen LogP contribution < -0.4 is 15.8 Å². The van der Waals surface area contributed by atoms with E-state index in [1.807, 2.05) is 18.2 Å². The van der Waals surface area contributed by atoms with Crippen molar-refractivity contribution in [3.8, 4) is 5.75 Å². The Bertz CT molecular complexity index is 911. The molecule has 4 rings (SSSR count). The molecule has 5 heteroatoms. The number of hydrogen-bond donors (Lipinski definition) is 2. The Hall–Kier alpha value is -2.53. The third kappa shape index (κ3) is 2.10. The number of fused-ring (bicyclic) bond motifs is 3. The van der Waals surface area contributed by atoms with Gasteiger partial charge in [0.15, 0.2) is 0 Å². The Morgan fingerprint density at radius 3 is 2.59 bits per heavy atom. The number of nitrogens with zero attached hydrogens (tertiary/aromatic N) is 1. The van der Waals surface area contributed by atoms with Crippen LogP contribution in [0.25, 0.3) is 21.7 Å². The molecule has 3 aromatic rings. The lowest BCUT2D eigenvalue weighted by atomic mass is 10.1. The maximum atomic E-state index is 12.3. The van der Waals surface area contributed by atoms with Gasteiger partial charge in [-0.25, -0.2) is 4.79 Å². The number of phenolic OH excluding ortho intramolecular Hbond substituents is 1. The van der Waals surface area contributed by atoms with E-state index in [1.165, 1.54) is 6.07 Å². The Morgan fingerprint density at radius 2 is 1.77 bits per heavy atom. The summed E-state index contributed by atoms with van der Waals surface area (Å²) in [7, 11) is 0. The SMILES string of the molecule is O=c1oc2cc(O)ccc2c2ccc(N3CCNCC3)cc12. The van der Waals surface area contributed by atoms with E-state index >= 15 is 0 Å². The fourth-order valence-corrected chi connectivity index (χ4v) is 3.03. The van der Waals surface area contributed by atoms with Crippen LogP contribution in [0.3, 0.4) is 0 Å². The van der Waals surface area contributed by atoms with Gasteiger partial charge in [0, 0.05) is 48.7 Å². The van der Waals surface area contributed by atoms with Gasteiger partial charge in [0.2, 0.25) is 0 Å². The van der Waals surface area contributed by atoms with Crippen LogP contribution in [0.5, 0.6) is 5.75 Å². The minimum absolute atomic E-state index is 0.0902. The van der Waals surface area contributed by atoms with E-state index in [9.17, 15) is 9.90 Å². The summed E-state index contributed by atoms with van der Waals surface area (Å²) in [5.74, 6) is 0.0902. The molecule has 0 saturated carbocycles. The van der Waals surface area contributed by atoms with Crippen LogP contribution >= 0.6 is 0 Å². The lowest BCUT2D eigenvalue weighted by Crippen LogP contribution is -2.43. The molecule has 0 unspecified atom stereocenters. The highest BCUT2D eigenvalue weighted by Gasteiger charge is 2.13. The lowest BCUT2D eigenvalue weighted by molar-refractivity contribution is 0.473. The maximum absolute atomic E-state index is 12.3. The molecule has 1 aromatic heterocycles. The number of anilines is 1. The highest BCUT2D eigenvalue weighted by Crippen LogP contribution is 2.28. The second-order valence-electron chi connectivity index (χ2n) is 5.54. The molecule has 0 amide bonds. The number of phenols is 1. The number of rotatable bonds is 1. The van der Waals surface area contributed by atoms with Gasteiger partial charge < -0.3 is 19.7 Å². The average molecular weight is 296 g/mol. The molecule has 2 aromatic carbocycles. The Kier molecular flexibility index (Phi) is 3.01. The Labute approximate surface area is 126 Å². The normalized spacial score (nSPS) is 15.5. The zero-order chi connectivity index (χ0) is 15.1. The topological polar surface area (TPSA) is 65.7 Å². The first-order chi connectivity index (χ1) is 10.7. The molecule has 1 fully saturated rings. The molecule has 1 aliphatic heterocycles. The first-order valence-corrected chi connectivity index (χ1v) is 7.38. The van der Waals surface area contributed by atoms with Crippen LogP contribution in [-0.4, -0.2) is 31.3 Å².